The Morgan fingerprint density at radius 3 is 2.46 bits per heavy atom. The van der Waals surface area contributed by atoms with E-state index in [-0.39, 0.29) is 46.9 Å². The number of hydrogen-bond acceptors (Lipinski definition) is 6. The van der Waals surface area contributed by atoms with E-state index in [1.54, 1.807) is 37.3 Å². The largest absolute Gasteiger partial charge is 0.478 e. The number of carbonyl (C=O) groups excluding carboxylic acids is 3. The number of aromatic nitrogens is 3. The van der Waals surface area contributed by atoms with Crippen molar-refractivity contribution in [3.05, 3.63) is 135 Å². The number of aromatic carboxylic acids is 1. The Kier molecular flexibility index (Phi) is 8.10. The van der Waals surface area contributed by atoms with Gasteiger partial charge in [-0.05, 0) is 65.8 Å². The minimum Gasteiger partial charge on any atom is -0.478 e. The topological polar surface area (TPSA) is 143 Å². The Bertz CT molecular complexity index is 2040. The van der Waals surface area contributed by atoms with Gasteiger partial charge < -0.3 is 15.7 Å². The first kappa shape index (κ1) is 30.3. The second-order valence-corrected chi connectivity index (χ2v) is 11.0. The lowest BCUT2D eigenvalue weighted by Crippen LogP contribution is -2.31. The standard InChI is InChI=1S/C34H27F2N5O5/c1-18-21-10-12-27(23(21)9-8-22(18)34(45)46)40-33(44)29-15-28(32(43)37-16-20-7-11-25(35)26(36)13-20)39-31-24(17-38-41(29)31)30(42)14-19-5-3-2-4-6-19/h2-9,11,13,15,17,27H,10,12,14,16H2,1H3,(H,37,43)(H,40,44)(H,45,46)/t27-/m0/s1. The second kappa shape index (κ2) is 12.3. The number of fused-ring (bicyclic) bond motifs is 2. The van der Waals surface area contributed by atoms with E-state index in [1.165, 1.54) is 28.9 Å². The highest BCUT2D eigenvalue weighted by Crippen LogP contribution is 2.35. The smallest absolute Gasteiger partial charge is 0.335 e. The molecule has 2 heterocycles. The van der Waals surface area contributed by atoms with Crippen LogP contribution in [0.1, 0.15) is 82.0 Å². The summed E-state index contributed by atoms with van der Waals surface area (Å²) in [5.74, 6) is -4.74. The Labute approximate surface area is 261 Å². The van der Waals surface area contributed by atoms with Crippen molar-refractivity contribution in [3.8, 4) is 0 Å². The number of carboxylic acids is 1. The molecule has 232 valence electrons. The molecule has 0 radical (unpaired) electrons. The van der Waals surface area contributed by atoms with Gasteiger partial charge in [-0.2, -0.15) is 5.10 Å². The fraction of sp³-hybridized carbons (Fsp3) is 0.176. The maximum Gasteiger partial charge on any atom is 0.335 e. The number of rotatable bonds is 9. The predicted octanol–water partition coefficient (Wildman–Crippen LogP) is 4.79. The zero-order valence-corrected chi connectivity index (χ0v) is 24.5. The monoisotopic (exact) mass is 623 g/mol. The predicted molar refractivity (Wildman–Crippen MR) is 162 cm³/mol. The lowest BCUT2D eigenvalue weighted by molar-refractivity contribution is 0.0695. The Morgan fingerprint density at radius 2 is 1.72 bits per heavy atom. The maximum absolute atomic E-state index is 13.8. The third kappa shape index (κ3) is 5.84. The van der Waals surface area contributed by atoms with E-state index in [0.29, 0.717) is 24.0 Å². The molecule has 2 aromatic heterocycles. The van der Waals surface area contributed by atoms with Crippen molar-refractivity contribution in [1.29, 1.82) is 0 Å². The highest BCUT2D eigenvalue weighted by Gasteiger charge is 2.29. The van der Waals surface area contributed by atoms with Gasteiger partial charge >= 0.3 is 5.97 Å². The fourth-order valence-corrected chi connectivity index (χ4v) is 5.73. The van der Waals surface area contributed by atoms with E-state index in [2.05, 4.69) is 20.7 Å². The van der Waals surface area contributed by atoms with Gasteiger partial charge in [0.05, 0.1) is 23.4 Å². The summed E-state index contributed by atoms with van der Waals surface area (Å²) in [4.78, 5) is 56.4. The van der Waals surface area contributed by atoms with Crippen LogP contribution in [0.15, 0.2) is 72.9 Å². The zero-order chi connectivity index (χ0) is 32.5. The molecule has 6 rings (SSSR count). The molecular formula is C34H27F2N5O5. The van der Waals surface area contributed by atoms with Crippen molar-refractivity contribution in [1.82, 2.24) is 25.2 Å². The van der Waals surface area contributed by atoms with Crippen LogP contribution in [0.4, 0.5) is 8.78 Å². The number of amides is 2. The highest BCUT2D eigenvalue weighted by atomic mass is 19.2. The van der Waals surface area contributed by atoms with Gasteiger partial charge in [-0.25, -0.2) is 23.1 Å². The van der Waals surface area contributed by atoms with Crippen molar-refractivity contribution in [2.24, 2.45) is 0 Å². The number of nitrogens with one attached hydrogen (secondary N) is 2. The molecule has 3 aromatic carbocycles. The van der Waals surface area contributed by atoms with Gasteiger partial charge in [0.25, 0.3) is 11.8 Å². The molecule has 5 aromatic rings. The molecule has 0 saturated heterocycles. The van der Waals surface area contributed by atoms with Crippen LogP contribution in [-0.4, -0.2) is 43.3 Å². The van der Waals surface area contributed by atoms with Gasteiger partial charge in [0.2, 0.25) is 0 Å². The van der Waals surface area contributed by atoms with Crippen LogP contribution in [0.3, 0.4) is 0 Å². The summed E-state index contributed by atoms with van der Waals surface area (Å²) in [6.07, 6.45) is 2.43. The minimum atomic E-state index is -1.06. The summed E-state index contributed by atoms with van der Waals surface area (Å²) in [7, 11) is 0. The van der Waals surface area contributed by atoms with Crippen LogP contribution in [0.2, 0.25) is 0 Å². The van der Waals surface area contributed by atoms with Gasteiger partial charge in [-0.3, -0.25) is 14.4 Å². The number of halogens is 2. The van der Waals surface area contributed by atoms with E-state index in [9.17, 15) is 33.1 Å². The summed E-state index contributed by atoms with van der Waals surface area (Å²) in [5, 5.41) is 19.3. The van der Waals surface area contributed by atoms with Crippen LogP contribution in [0, 0.1) is 18.6 Å². The van der Waals surface area contributed by atoms with Crippen molar-refractivity contribution < 1.29 is 33.1 Å². The van der Waals surface area contributed by atoms with Crippen LogP contribution >= 0.6 is 0 Å². The van der Waals surface area contributed by atoms with Crippen molar-refractivity contribution >= 4 is 29.2 Å². The van der Waals surface area contributed by atoms with Crippen LogP contribution in [0.5, 0.6) is 0 Å². The Morgan fingerprint density at radius 1 is 0.935 bits per heavy atom. The lowest BCUT2D eigenvalue weighted by atomic mass is 9.98. The summed E-state index contributed by atoms with van der Waals surface area (Å²) in [5.41, 5.74) is 3.41. The van der Waals surface area contributed by atoms with Crippen molar-refractivity contribution in [2.45, 2.75) is 38.8 Å². The summed E-state index contributed by atoms with van der Waals surface area (Å²) in [6.45, 7) is 1.59. The Hall–Kier alpha value is -5.78. The van der Waals surface area contributed by atoms with E-state index in [4.69, 9.17) is 0 Å². The van der Waals surface area contributed by atoms with E-state index >= 15 is 0 Å². The molecule has 1 aliphatic rings. The number of carbonyl (C=O) groups is 4. The maximum atomic E-state index is 13.8. The molecule has 3 N–H and O–H groups in total. The zero-order valence-electron chi connectivity index (χ0n) is 24.5. The molecule has 10 nitrogen and oxygen atoms in total. The third-order valence-electron chi connectivity index (χ3n) is 8.11. The molecule has 0 aliphatic heterocycles. The fourth-order valence-electron chi connectivity index (χ4n) is 5.73. The highest BCUT2D eigenvalue weighted by molar-refractivity contribution is 6.04. The molecule has 0 unspecified atom stereocenters. The average molecular weight is 624 g/mol. The molecule has 0 fully saturated rings. The van der Waals surface area contributed by atoms with Gasteiger partial charge in [0.1, 0.15) is 11.4 Å². The number of Topliss-reactive ketones (excluding diaryl/α,β-unsaturated/α-hetero) is 1. The number of ketones is 1. The molecule has 0 spiro atoms. The molecule has 1 atom stereocenters. The van der Waals surface area contributed by atoms with Gasteiger partial charge in [-0.1, -0.05) is 42.5 Å². The first-order valence-electron chi connectivity index (χ1n) is 14.4. The van der Waals surface area contributed by atoms with Gasteiger partial charge in [0.15, 0.2) is 23.1 Å². The molecule has 0 saturated carbocycles. The van der Waals surface area contributed by atoms with E-state index < -0.39 is 35.5 Å². The van der Waals surface area contributed by atoms with Crippen LogP contribution < -0.4 is 10.6 Å². The first-order chi connectivity index (χ1) is 22.1. The Balaban J connectivity index is 1.33. The van der Waals surface area contributed by atoms with Crippen molar-refractivity contribution in [2.75, 3.05) is 0 Å². The molecular weight excluding hydrogens is 596 g/mol. The molecule has 0 bridgehead atoms. The number of carboxylic acid groups (broad SMARTS) is 1. The lowest BCUT2D eigenvalue weighted by Gasteiger charge is -2.16. The van der Waals surface area contributed by atoms with Crippen LogP contribution in [0.25, 0.3) is 5.65 Å². The summed E-state index contributed by atoms with van der Waals surface area (Å²) < 4.78 is 28.3. The van der Waals surface area contributed by atoms with Crippen LogP contribution in [-0.2, 0) is 19.4 Å². The quantitative estimate of drug-likeness (QED) is 0.201. The molecule has 1 aliphatic carbocycles. The number of nitrogens with zero attached hydrogens (tertiary/aromatic N) is 3. The summed E-state index contributed by atoms with van der Waals surface area (Å²) >= 11 is 0. The number of benzene rings is 3. The number of hydrogen-bond donors (Lipinski definition) is 3. The third-order valence-corrected chi connectivity index (χ3v) is 8.11. The molecule has 2 amide bonds. The van der Waals surface area contributed by atoms with E-state index in [0.717, 1.165) is 28.8 Å². The average Bonchev–Trinajstić information content (AvgIpc) is 3.66. The first-order valence-corrected chi connectivity index (χ1v) is 14.4. The normalized spacial score (nSPS) is 13.8. The van der Waals surface area contributed by atoms with Gasteiger partial charge in [-0.15, -0.1) is 0 Å². The second-order valence-electron chi connectivity index (χ2n) is 11.0. The SMILES string of the molecule is Cc1c(C(=O)O)ccc2c1CC[C@@H]2NC(=O)c1cc(C(=O)NCc2ccc(F)c(F)c2)nc2c(C(=O)Cc3ccccc3)cnn12. The van der Waals surface area contributed by atoms with Gasteiger partial charge in [0, 0.05) is 19.0 Å². The molecule has 12 heteroatoms. The summed E-state index contributed by atoms with van der Waals surface area (Å²) in [6, 6.07) is 16.3. The minimum absolute atomic E-state index is 0.000300. The van der Waals surface area contributed by atoms with E-state index in [1.807, 2.05) is 6.07 Å². The molecule has 46 heavy (non-hydrogen) atoms. The van der Waals surface area contributed by atoms with Crippen molar-refractivity contribution in [3.63, 3.8) is 0 Å².